The quantitative estimate of drug-likeness (QED) is 0.513. The van der Waals surface area contributed by atoms with Gasteiger partial charge in [0.25, 0.3) is 0 Å². The fraction of sp³-hybridized carbons (Fsp3) is 0.360. The third-order valence-corrected chi connectivity index (χ3v) is 6.25. The van der Waals surface area contributed by atoms with Gasteiger partial charge in [-0.25, -0.2) is 4.79 Å². The average Bonchev–Trinajstić information content (AvgIpc) is 2.83. The third-order valence-electron chi connectivity index (χ3n) is 6.25. The Hall–Kier alpha value is -3.49. The van der Waals surface area contributed by atoms with Gasteiger partial charge in [0.2, 0.25) is 5.91 Å². The molecule has 2 aromatic carbocycles. The number of methoxy groups -OCH3 is 1. The highest BCUT2D eigenvalue weighted by Crippen LogP contribution is 2.32. The van der Waals surface area contributed by atoms with Gasteiger partial charge in [0.15, 0.2) is 0 Å². The van der Waals surface area contributed by atoms with Crippen LogP contribution in [0.2, 0.25) is 0 Å². The van der Waals surface area contributed by atoms with Gasteiger partial charge in [-0.05, 0) is 49.2 Å². The Labute approximate surface area is 194 Å². The van der Waals surface area contributed by atoms with Crippen molar-refractivity contribution in [3.8, 4) is 5.75 Å². The van der Waals surface area contributed by atoms with Crippen molar-refractivity contribution in [1.82, 2.24) is 4.90 Å². The molecule has 1 fully saturated rings. The van der Waals surface area contributed by atoms with Crippen molar-refractivity contribution in [2.45, 2.75) is 25.9 Å². The SMILES string of the molecule is COc1ccc2c(C)c(CCC(=O)N3CCN(c4cccc(C(F)(F)F)c4)CC3)c(=O)oc2c1. The van der Waals surface area contributed by atoms with E-state index >= 15 is 0 Å². The molecule has 1 aliphatic rings. The molecule has 0 radical (unpaired) electrons. The number of hydrogen-bond donors (Lipinski definition) is 0. The van der Waals surface area contributed by atoms with E-state index in [9.17, 15) is 22.8 Å². The second-order valence-electron chi connectivity index (χ2n) is 8.27. The summed E-state index contributed by atoms with van der Waals surface area (Å²) in [6.07, 6.45) is -3.99. The highest BCUT2D eigenvalue weighted by molar-refractivity contribution is 5.83. The monoisotopic (exact) mass is 474 g/mol. The molecule has 9 heteroatoms. The fourth-order valence-electron chi connectivity index (χ4n) is 4.27. The molecule has 4 rings (SSSR count). The molecule has 1 aromatic heterocycles. The number of aryl methyl sites for hydroxylation is 1. The Bertz CT molecular complexity index is 1260. The molecular weight excluding hydrogens is 449 g/mol. The summed E-state index contributed by atoms with van der Waals surface area (Å²) in [5.74, 6) is 0.486. The van der Waals surface area contributed by atoms with Crippen LogP contribution in [0, 0.1) is 6.92 Å². The lowest BCUT2D eigenvalue weighted by molar-refractivity contribution is -0.137. The number of ether oxygens (including phenoxy) is 1. The number of amides is 1. The number of piperazine rings is 1. The lowest BCUT2D eigenvalue weighted by Crippen LogP contribution is -2.49. The summed E-state index contributed by atoms with van der Waals surface area (Å²) in [6.45, 7) is 3.51. The lowest BCUT2D eigenvalue weighted by Gasteiger charge is -2.36. The van der Waals surface area contributed by atoms with Crippen molar-refractivity contribution in [3.63, 3.8) is 0 Å². The summed E-state index contributed by atoms with van der Waals surface area (Å²) in [7, 11) is 1.53. The van der Waals surface area contributed by atoms with Crippen LogP contribution in [0.1, 0.15) is 23.1 Å². The van der Waals surface area contributed by atoms with Crippen LogP contribution in [-0.2, 0) is 17.4 Å². The van der Waals surface area contributed by atoms with Crippen LogP contribution in [0.3, 0.4) is 0 Å². The van der Waals surface area contributed by atoms with Gasteiger partial charge >= 0.3 is 11.8 Å². The average molecular weight is 474 g/mol. The Morgan fingerprint density at radius 1 is 1.09 bits per heavy atom. The Kier molecular flexibility index (Phi) is 6.54. The molecule has 0 aliphatic carbocycles. The van der Waals surface area contributed by atoms with Crippen molar-refractivity contribution >= 4 is 22.6 Å². The van der Waals surface area contributed by atoms with E-state index in [0.717, 1.165) is 23.1 Å². The second-order valence-corrected chi connectivity index (χ2v) is 8.27. The van der Waals surface area contributed by atoms with Crippen molar-refractivity contribution in [2.75, 3.05) is 38.2 Å². The summed E-state index contributed by atoms with van der Waals surface area (Å²) in [5.41, 5.74) is 1.00. The minimum Gasteiger partial charge on any atom is -0.497 e. The molecule has 0 saturated carbocycles. The number of nitrogens with zero attached hydrogens (tertiary/aromatic N) is 2. The van der Waals surface area contributed by atoms with Crippen LogP contribution in [0.5, 0.6) is 5.75 Å². The number of halogens is 3. The van der Waals surface area contributed by atoms with Crippen molar-refractivity contribution in [2.24, 2.45) is 0 Å². The number of carbonyl (C=O) groups is 1. The maximum Gasteiger partial charge on any atom is 0.416 e. The number of benzene rings is 2. The van der Waals surface area contributed by atoms with Gasteiger partial charge in [-0.2, -0.15) is 13.2 Å². The van der Waals surface area contributed by atoms with Gasteiger partial charge in [-0.1, -0.05) is 6.07 Å². The van der Waals surface area contributed by atoms with Gasteiger partial charge in [-0.3, -0.25) is 4.79 Å². The van der Waals surface area contributed by atoms with Crippen LogP contribution in [0.15, 0.2) is 51.7 Å². The van der Waals surface area contributed by atoms with E-state index in [1.54, 1.807) is 23.1 Å². The molecule has 0 unspecified atom stereocenters. The van der Waals surface area contributed by atoms with Gasteiger partial charge in [0.05, 0.1) is 12.7 Å². The molecule has 2 heterocycles. The van der Waals surface area contributed by atoms with E-state index < -0.39 is 17.4 Å². The molecule has 0 spiro atoms. The highest BCUT2D eigenvalue weighted by Gasteiger charge is 2.31. The molecule has 0 N–H and O–H groups in total. The molecule has 34 heavy (non-hydrogen) atoms. The van der Waals surface area contributed by atoms with Crippen molar-refractivity contribution in [1.29, 1.82) is 0 Å². The van der Waals surface area contributed by atoms with E-state index in [1.807, 2.05) is 17.9 Å². The number of hydrogen-bond acceptors (Lipinski definition) is 5. The number of carbonyl (C=O) groups excluding carboxylic acids is 1. The Balaban J connectivity index is 1.39. The first-order valence-electron chi connectivity index (χ1n) is 11.0. The van der Waals surface area contributed by atoms with E-state index in [-0.39, 0.29) is 18.7 Å². The minimum atomic E-state index is -4.40. The van der Waals surface area contributed by atoms with E-state index in [1.165, 1.54) is 13.2 Å². The van der Waals surface area contributed by atoms with Gasteiger partial charge in [0.1, 0.15) is 11.3 Å². The second kappa shape index (κ2) is 9.40. The zero-order valence-electron chi connectivity index (χ0n) is 18.9. The Morgan fingerprint density at radius 3 is 2.50 bits per heavy atom. The standard InChI is InChI=1S/C25H25F3N2O4/c1-16-20-7-6-19(33-2)15-22(20)34-24(32)21(16)8-9-23(31)30-12-10-29(11-13-30)18-5-3-4-17(14-18)25(26,27)28/h3-7,14-15H,8-13H2,1-2H3. The molecule has 3 aromatic rings. The molecule has 1 aliphatic heterocycles. The molecule has 1 amide bonds. The molecule has 6 nitrogen and oxygen atoms in total. The van der Waals surface area contributed by atoms with Crippen LogP contribution < -0.4 is 15.3 Å². The molecule has 0 atom stereocenters. The van der Waals surface area contributed by atoms with Crippen molar-refractivity contribution < 1.29 is 27.1 Å². The lowest BCUT2D eigenvalue weighted by atomic mass is 10.0. The largest absolute Gasteiger partial charge is 0.497 e. The smallest absolute Gasteiger partial charge is 0.416 e. The predicted octanol–water partition coefficient (Wildman–Crippen LogP) is 4.41. The molecule has 1 saturated heterocycles. The topological polar surface area (TPSA) is 63.0 Å². The van der Waals surface area contributed by atoms with Gasteiger partial charge in [-0.15, -0.1) is 0 Å². The minimum absolute atomic E-state index is 0.0997. The van der Waals surface area contributed by atoms with Crippen molar-refractivity contribution in [3.05, 3.63) is 69.6 Å². The first-order chi connectivity index (χ1) is 16.2. The third kappa shape index (κ3) is 4.88. The predicted molar refractivity (Wildman–Crippen MR) is 122 cm³/mol. The summed E-state index contributed by atoms with van der Waals surface area (Å²) < 4.78 is 49.6. The number of rotatable bonds is 5. The van der Waals surface area contributed by atoms with Crippen LogP contribution in [0.25, 0.3) is 11.0 Å². The summed E-state index contributed by atoms with van der Waals surface area (Å²) in [5, 5.41) is 0.789. The Morgan fingerprint density at radius 2 is 1.82 bits per heavy atom. The first-order valence-corrected chi connectivity index (χ1v) is 11.0. The van der Waals surface area contributed by atoms with Gasteiger partial charge in [0, 0.05) is 55.3 Å². The fourth-order valence-corrected chi connectivity index (χ4v) is 4.27. The summed E-state index contributed by atoms with van der Waals surface area (Å²) in [6, 6.07) is 10.5. The van der Waals surface area contributed by atoms with Gasteiger partial charge < -0.3 is 19.0 Å². The normalized spacial score (nSPS) is 14.5. The summed E-state index contributed by atoms with van der Waals surface area (Å²) >= 11 is 0. The van der Waals surface area contributed by atoms with Crippen LogP contribution in [0.4, 0.5) is 18.9 Å². The van der Waals surface area contributed by atoms with Crippen LogP contribution in [-0.4, -0.2) is 44.1 Å². The number of anilines is 1. The highest BCUT2D eigenvalue weighted by atomic mass is 19.4. The molecular formula is C25H25F3N2O4. The van der Waals surface area contributed by atoms with E-state index in [2.05, 4.69) is 0 Å². The zero-order chi connectivity index (χ0) is 24.5. The zero-order valence-corrected chi connectivity index (χ0v) is 18.9. The maximum absolute atomic E-state index is 13.0. The number of alkyl halides is 3. The number of fused-ring (bicyclic) bond motifs is 1. The summed E-state index contributed by atoms with van der Waals surface area (Å²) in [4.78, 5) is 28.8. The van der Waals surface area contributed by atoms with E-state index in [4.69, 9.17) is 9.15 Å². The van der Waals surface area contributed by atoms with Crippen LogP contribution >= 0.6 is 0 Å². The first kappa shape index (κ1) is 23.7. The van der Waals surface area contributed by atoms with E-state index in [0.29, 0.717) is 48.8 Å². The maximum atomic E-state index is 13.0. The molecule has 0 bridgehead atoms. The molecule has 180 valence electrons.